The maximum atomic E-state index is 12.8. The molecule has 4 rings (SSSR count). The van der Waals surface area contributed by atoms with Gasteiger partial charge in [0.15, 0.2) is 0 Å². The van der Waals surface area contributed by atoms with E-state index in [9.17, 15) is 18.3 Å². The van der Waals surface area contributed by atoms with Crippen molar-refractivity contribution in [2.45, 2.75) is 31.7 Å². The van der Waals surface area contributed by atoms with Crippen LogP contribution in [0, 0.1) is 5.92 Å². The minimum Gasteiger partial charge on any atom is -0.508 e. The zero-order chi connectivity index (χ0) is 18.9. The maximum absolute atomic E-state index is 12.8. The third-order valence-corrected chi connectivity index (χ3v) is 7.23. The second-order valence-electron chi connectivity index (χ2n) is 7.42. The second kappa shape index (κ2) is 7.54. The van der Waals surface area contributed by atoms with E-state index in [1.807, 2.05) is 17.0 Å². The van der Waals surface area contributed by atoms with Gasteiger partial charge < -0.3 is 10.0 Å². The first-order chi connectivity index (χ1) is 12.3. The van der Waals surface area contributed by atoms with Crippen molar-refractivity contribution in [2.24, 2.45) is 5.92 Å². The van der Waals surface area contributed by atoms with E-state index in [0.29, 0.717) is 32.5 Å². The second-order valence-corrected chi connectivity index (χ2v) is 9.56. The number of aryl methyl sites for hydroxylation is 1. The predicted octanol–water partition coefficient (Wildman–Crippen LogP) is 1.05. The summed E-state index contributed by atoms with van der Waals surface area (Å²) in [4.78, 5) is 14.7. The highest BCUT2D eigenvalue weighted by molar-refractivity contribution is 7.86. The molecule has 1 aromatic carbocycles. The fourth-order valence-electron chi connectivity index (χ4n) is 3.82. The Morgan fingerprint density at radius 3 is 2.50 bits per heavy atom. The van der Waals surface area contributed by atoms with Gasteiger partial charge >= 0.3 is 0 Å². The van der Waals surface area contributed by atoms with Crippen molar-refractivity contribution in [3.8, 4) is 5.75 Å². The summed E-state index contributed by atoms with van der Waals surface area (Å²) in [6, 6.07) is 6.84. The van der Waals surface area contributed by atoms with Crippen molar-refractivity contribution >= 4 is 16.1 Å². The summed E-state index contributed by atoms with van der Waals surface area (Å²) < 4.78 is 27.8. The highest BCUT2D eigenvalue weighted by Crippen LogP contribution is 2.30. The van der Waals surface area contributed by atoms with Crippen LogP contribution in [0.5, 0.6) is 5.75 Å². The van der Waals surface area contributed by atoms with Gasteiger partial charge in [0, 0.05) is 46.2 Å². The molecule has 3 fully saturated rings. The molecule has 8 heteroatoms. The molecule has 1 amide bonds. The highest BCUT2D eigenvalue weighted by atomic mass is 32.2. The standard InChI is InChI=1S/C18H27N3O4S/c1-19(2)26(24,25)20-11-15-3-7-16(13-20)21(12-15)18(23)10-6-14-4-8-17(22)9-5-14/h4-5,8-9,15-16,22H,3,6-7,10-13H2,1-2H3. The summed E-state index contributed by atoms with van der Waals surface area (Å²) >= 11 is 0. The van der Waals surface area contributed by atoms with E-state index in [2.05, 4.69) is 0 Å². The lowest BCUT2D eigenvalue weighted by Gasteiger charge is -2.36. The Morgan fingerprint density at radius 2 is 1.85 bits per heavy atom. The van der Waals surface area contributed by atoms with Crippen LogP contribution >= 0.6 is 0 Å². The number of carbonyl (C=O) groups excluding carboxylic acids is 1. The number of hydrogen-bond acceptors (Lipinski definition) is 4. The lowest BCUT2D eigenvalue weighted by Crippen LogP contribution is -2.48. The summed E-state index contributed by atoms with van der Waals surface area (Å²) in [5.41, 5.74) is 1.01. The SMILES string of the molecule is CN(C)S(=O)(=O)N1CC2CCC(C1)N(C(=O)CCc1ccc(O)cc1)C2. The molecule has 2 bridgehead atoms. The van der Waals surface area contributed by atoms with Gasteiger partial charge in [-0.15, -0.1) is 0 Å². The van der Waals surface area contributed by atoms with Gasteiger partial charge in [0.1, 0.15) is 5.75 Å². The van der Waals surface area contributed by atoms with E-state index in [0.717, 1.165) is 18.4 Å². The molecule has 3 aliphatic rings. The highest BCUT2D eigenvalue weighted by Gasteiger charge is 2.41. The van der Waals surface area contributed by atoms with Crippen molar-refractivity contribution in [1.82, 2.24) is 13.5 Å². The lowest BCUT2D eigenvalue weighted by atomic mass is 9.94. The number of piperidine rings is 1. The third-order valence-electron chi connectivity index (χ3n) is 5.35. The first kappa shape index (κ1) is 19.1. The Balaban J connectivity index is 1.66. The third kappa shape index (κ3) is 4.02. The zero-order valence-corrected chi connectivity index (χ0v) is 16.2. The number of carbonyl (C=O) groups is 1. The van der Waals surface area contributed by atoms with Crippen LogP contribution in [0.15, 0.2) is 24.3 Å². The van der Waals surface area contributed by atoms with Crippen molar-refractivity contribution < 1.29 is 18.3 Å². The quantitative estimate of drug-likeness (QED) is 0.827. The number of benzene rings is 1. The molecule has 2 atom stereocenters. The van der Waals surface area contributed by atoms with Gasteiger partial charge in [-0.25, -0.2) is 0 Å². The Bertz CT molecular complexity index is 748. The van der Waals surface area contributed by atoms with Crippen molar-refractivity contribution in [1.29, 1.82) is 0 Å². The molecule has 144 valence electrons. The normalized spacial score (nSPS) is 24.0. The number of nitrogens with zero attached hydrogens (tertiary/aromatic N) is 3. The summed E-state index contributed by atoms with van der Waals surface area (Å²) in [7, 11) is -0.364. The first-order valence-electron chi connectivity index (χ1n) is 9.02. The summed E-state index contributed by atoms with van der Waals surface area (Å²) in [5.74, 6) is 0.491. The number of rotatable bonds is 5. The van der Waals surface area contributed by atoms with Gasteiger partial charge in [-0.3, -0.25) is 4.79 Å². The molecular formula is C18H27N3O4S. The van der Waals surface area contributed by atoms with E-state index >= 15 is 0 Å². The monoisotopic (exact) mass is 381 g/mol. The van der Waals surface area contributed by atoms with Crippen LogP contribution in [0.4, 0.5) is 0 Å². The van der Waals surface area contributed by atoms with Crippen molar-refractivity contribution in [3.05, 3.63) is 29.8 Å². The van der Waals surface area contributed by atoms with Gasteiger partial charge in [0.2, 0.25) is 5.91 Å². The van der Waals surface area contributed by atoms with Gasteiger partial charge in [0.05, 0.1) is 0 Å². The van der Waals surface area contributed by atoms with E-state index in [4.69, 9.17) is 0 Å². The molecule has 26 heavy (non-hydrogen) atoms. The Hall–Kier alpha value is -1.64. The van der Waals surface area contributed by atoms with E-state index in [1.54, 1.807) is 26.2 Å². The van der Waals surface area contributed by atoms with Crippen LogP contribution in [-0.4, -0.2) is 72.7 Å². The Labute approximate surface area is 155 Å². The zero-order valence-electron chi connectivity index (χ0n) is 15.3. The lowest BCUT2D eigenvalue weighted by molar-refractivity contribution is -0.135. The number of phenols is 1. The Morgan fingerprint density at radius 1 is 1.15 bits per heavy atom. The molecule has 0 spiro atoms. The molecule has 0 aliphatic carbocycles. The van der Waals surface area contributed by atoms with Crippen LogP contribution in [0.2, 0.25) is 0 Å². The summed E-state index contributed by atoms with van der Waals surface area (Å²) in [6.07, 6.45) is 2.84. The average molecular weight is 381 g/mol. The topological polar surface area (TPSA) is 81.2 Å². The molecule has 3 heterocycles. The van der Waals surface area contributed by atoms with Gasteiger partial charge in [-0.05, 0) is 42.9 Å². The molecule has 0 saturated carbocycles. The maximum Gasteiger partial charge on any atom is 0.281 e. The van der Waals surface area contributed by atoms with E-state index in [1.165, 1.54) is 8.61 Å². The summed E-state index contributed by atoms with van der Waals surface area (Å²) in [5, 5.41) is 9.34. The number of fused-ring (bicyclic) bond motifs is 4. The minimum atomic E-state index is -3.45. The van der Waals surface area contributed by atoms with Crippen molar-refractivity contribution in [2.75, 3.05) is 33.7 Å². The van der Waals surface area contributed by atoms with Crippen LogP contribution in [-0.2, 0) is 21.4 Å². The number of aromatic hydroxyl groups is 1. The molecule has 7 nitrogen and oxygen atoms in total. The van der Waals surface area contributed by atoms with Gasteiger partial charge in [-0.1, -0.05) is 12.1 Å². The van der Waals surface area contributed by atoms with Crippen LogP contribution in [0.25, 0.3) is 0 Å². The van der Waals surface area contributed by atoms with Crippen molar-refractivity contribution in [3.63, 3.8) is 0 Å². The van der Waals surface area contributed by atoms with Crippen LogP contribution in [0.3, 0.4) is 0 Å². The molecule has 0 aromatic heterocycles. The molecule has 1 aromatic rings. The molecule has 0 radical (unpaired) electrons. The fraction of sp³-hybridized carbons (Fsp3) is 0.611. The molecular weight excluding hydrogens is 354 g/mol. The van der Waals surface area contributed by atoms with E-state index < -0.39 is 10.2 Å². The fourth-order valence-corrected chi connectivity index (χ4v) is 5.04. The first-order valence-corrected chi connectivity index (χ1v) is 10.4. The molecule has 3 saturated heterocycles. The molecule has 2 unspecified atom stereocenters. The number of phenolic OH excluding ortho intramolecular Hbond substituents is 1. The largest absolute Gasteiger partial charge is 0.508 e. The average Bonchev–Trinajstić information content (AvgIpc) is 2.93. The smallest absolute Gasteiger partial charge is 0.281 e. The van der Waals surface area contributed by atoms with Crippen LogP contribution in [0.1, 0.15) is 24.8 Å². The molecule has 3 aliphatic heterocycles. The number of hydrogen-bond donors (Lipinski definition) is 1. The Kier molecular flexibility index (Phi) is 5.55. The van der Waals surface area contributed by atoms with Crippen LogP contribution < -0.4 is 0 Å². The number of amides is 1. The summed E-state index contributed by atoms with van der Waals surface area (Å²) in [6.45, 7) is 1.50. The molecule has 1 N–H and O–H groups in total. The predicted molar refractivity (Wildman–Crippen MR) is 98.8 cm³/mol. The van der Waals surface area contributed by atoms with E-state index in [-0.39, 0.29) is 23.6 Å². The van der Waals surface area contributed by atoms with Gasteiger partial charge in [-0.2, -0.15) is 17.0 Å². The van der Waals surface area contributed by atoms with Gasteiger partial charge in [0.25, 0.3) is 10.2 Å². The minimum absolute atomic E-state index is 0.0456.